The first kappa shape index (κ1) is 22.6. The smallest absolute Gasteiger partial charge is 0.269 e. The number of pyridine rings is 1. The molecule has 1 N–H and O–H groups in total. The van der Waals surface area contributed by atoms with Gasteiger partial charge in [0.25, 0.3) is 11.5 Å². The Bertz CT molecular complexity index is 1540. The van der Waals surface area contributed by atoms with Gasteiger partial charge in [-0.2, -0.15) is 5.26 Å². The van der Waals surface area contributed by atoms with Crippen LogP contribution in [0.4, 0.5) is 5.69 Å². The molecular formula is C23H14Cl2N4O3S. The third-order valence-corrected chi connectivity index (χ3v) is 6.18. The van der Waals surface area contributed by atoms with E-state index >= 15 is 0 Å². The second-order valence-electron chi connectivity index (χ2n) is 6.71. The number of halogens is 2. The summed E-state index contributed by atoms with van der Waals surface area (Å²) >= 11 is 13.1. The van der Waals surface area contributed by atoms with Crippen LogP contribution in [0.15, 0.2) is 70.2 Å². The first-order chi connectivity index (χ1) is 16.0. The van der Waals surface area contributed by atoms with Gasteiger partial charge in [0.05, 0.1) is 33.7 Å². The van der Waals surface area contributed by atoms with Crippen molar-refractivity contribution >= 4 is 57.8 Å². The Morgan fingerprint density at radius 1 is 1.24 bits per heavy atom. The third kappa shape index (κ3) is 5.07. The SMILES string of the molecule is N#C/C(C(=O)Nc1ccc(Cl)cc1Cl)=c1/s/c(=C/c2ccccn2)c(=O)n1Cc1ccco1. The van der Waals surface area contributed by atoms with E-state index in [1.54, 1.807) is 48.7 Å². The average Bonchev–Trinajstić information content (AvgIpc) is 3.42. The molecular weight excluding hydrogens is 483 g/mol. The minimum absolute atomic E-state index is 0.0495. The van der Waals surface area contributed by atoms with Gasteiger partial charge in [0.1, 0.15) is 16.5 Å². The molecule has 0 fully saturated rings. The number of hydrogen-bond donors (Lipinski definition) is 1. The molecule has 3 heterocycles. The van der Waals surface area contributed by atoms with Crippen molar-refractivity contribution in [1.82, 2.24) is 9.55 Å². The molecule has 0 spiro atoms. The van der Waals surface area contributed by atoms with Crippen molar-refractivity contribution in [3.63, 3.8) is 0 Å². The highest BCUT2D eigenvalue weighted by Crippen LogP contribution is 2.25. The van der Waals surface area contributed by atoms with E-state index in [4.69, 9.17) is 27.6 Å². The largest absolute Gasteiger partial charge is 0.467 e. The number of carbonyl (C=O) groups is 1. The lowest BCUT2D eigenvalue weighted by atomic mass is 10.2. The van der Waals surface area contributed by atoms with Crippen molar-refractivity contribution < 1.29 is 9.21 Å². The van der Waals surface area contributed by atoms with E-state index in [1.165, 1.54) is 23.0 Å². The second-order valence-corrected chi connectivity index (χ2v) is 8.58. The predicted molar refractivity (Wildman–Crippen MR) is 128 cm³/mol. The zero-order valence-electron chi connectivity index (χ0n) is 16.8. The van der Waals surface area contributed by atoms with E-state index in [2.05, 4.69) is 10.3 Å². The van der Waals surface area contributed by atoms with Gasteiger partial charge in [0, 0.05) is 11.2 Å². The number of anilines is 1. The number of furan rings is 1. The van der Waals surface area contributed by atoms with Gasteiger partial charge in [0.2, 0.25) is 0 Å². The Hall–Kier alpha value is -3.64. The van der Waals surface area contributed by atoms with Crippen molar-refractivity contribution in [2.45, 2.75) is 6.54 Å². The van der Waals surface area contributed by atoms with Crippen molar-refractivity contribution in [3.05, 3.63) is 102 Å². The number of aromatic nitrogens is 2. The van der Waals surface area contributed by atoms with E-state index in [9.17, 15) is 14.9 Å². The predicted octanol–water partition coefficient (Wildman–Crippen LogP) is 3.39. The summed E-state index contributed by atoms with van der Waals surface area (Å²) in [5.74, 6) is -0.209. The minimum atomic E-state index is -0.708. The number of benzene rings is 1. The number of amides is 1. The van der Waals surface area contributed by atoms with E-state index in [0.717, 1.165) is 11.3 Å². The van der Waals surface area contributed by atoms with Crippen LogP contribution >= 0.6 is 34.5 Å². The lowest BCUT2D eigenvalue weighted by molar-refractivity contribution is -0.111. The van der Waals surface area contributed by atoms with E-state index < -0.39 is 5.91 Å². The number of nitrogens with zero attached hydrogens (tertiary/aromatic N) is 3. The Kier molecular flexibility index (Phi) is 6.75. The van der Waals surface area contributed by atoms with Crippen LogP contribution in [0, 0.1) is 11.3 Å². The van der Waals surface area contributed by atoms with Crippen LogP contribution in [0.25, 0.3) is 11.6 Å². The fourth-order valence-corrected chi connectivity index (χ4v) is 4.51. The van der Waals surface area contributed by atoms with Crippen molar-refractivity contribution in [3.8, 4) is 6.07 Å². The first-order valence-corrected chi connectivity index (χ1v) is 11.1. The molecule has 0 atom stereocenters. The summed E-state index contributed by atoms with van der Waals surface area (Å²) in [6.07, 6.45) is 4.70. The Morgan fingerprint density at radius 2 is 2.09 bits per heavy atom. The molecule has 1 aromatic carbocycles. The van der Waals surface area contributed by atoms with E-state index in [-0.39, 0.29) is 33.0 Å². The van der Waals surface area contributed by atoms with Crippen LogP contribution in [0.5, 0.6) is 0 Å². The molecule has 0 aliphatic carbocycles. The van der Waals surface area contributed by atoms with Crippen LogP contribution in [-0.4, -0.2) is 15.5 Å². The molecule has 0 unspecified atom stereocenters. The fraction of sp³-hybridized carbons (Fsp3) is 0.0435. The molecule has 10 heteroatoms. The number of thiazole rings is 1. The van der Waals surface area contributed by atoms with Crippen molar-refractivity contribution in [2.75, 3.05) is 5.32 Å². The second kappa shape index (κ2) is 9.88. The molecule has 1 amide bonds. The Morgan fingerprint density at radius 3 is 2.76 bits per heavy atom. The van der Waals surface area contributed by atoms with Crippen LogP contribution in [0.1, 0.15) is 11.5 Å². The minimum Gasteiger partial charge on any atom is -0.467 e. The maximum absolute atomic E-state index is 13.2. The van der Waals surface area contributed by atoms with Crippen molar-refractivity contribution in [1.29, 1.82) is 5.26 Å². The molecule has 0 saturated carbocycles. The lowest BCUT2D eigenvalue weighted by Gasteiger charge is -2.07. The molecule has 0 saturated heterocycles. The maximum atomic E-state index is 13.2. The topological polar surface area (TPSA) is 101 Å². The summed E-state index contributed by atoms with van der Waals surface area (Å²) < 4.78 is 7.21. The summed E-state index contributed by atoms with van der Waals surface area (Å²) in [6.45, 7) is 0.0495. The molecule has 3 aromatic heterocycles. The van der Waals surface area contributed by atoms with Gasteiger partial charge in [-0.15, -0.1) is 11.3 Å². The molecule has 0 aliphatic heterocycles. The average molecular weight is 497 g/mol. The molecule has 7 nitrogen and oxygen atoms in total. The maximum Gasteiger partial charge on any atom is 0.269 e. The number of nitrogens with one attached hydrogen (secondary N) is 1. The molecule has 4 rings (SSSR count). The third-order valence-electron chi connectivity index (χ3n) is 4.50. The van der Waals surface area contributed by atoms with E-state index in [1.807, 2.05) is 6.07 Å². The summed E-state index contributed by atoms with van der Waals surface area (Å²) in [7, 11) is 0. The van der Waals surface area contributed by atoms with Crippen LogP contribution < -0.4 is 20.1 Å². The van der Waals surface area contributed by atoms with Crippen LogP contribution in [0.2, 0.25) is 10.0 Å². The summed E-state index contributed by atoms with van der Waals surface area (Å²) in [4.78, 5) is 30.4. The summed E-state index contributed by atoms with van der Waals surface area (Å²) in [5.41, 5.74) is 0.247. The van der Waals surface area contributed by atoms with Gasteiger partial charge in [0.15, 0.2) is 5.57 Å². The summed E-state index contributed by atoms with van der Waals surface area (Å²) in [5, 5.41) is 13.1. The zero-order chi connectivity index (χ0) is 23.4. The van der Waals surface area contributed by atoms with Gasteiger partial charge in [-0.1, -0.05) is 29.3 Å². The summed E-state index contributed by atoms with van der Waals surface area (Å²) in [6, 6.07) is 15.2. The quantitative estimate of drug-likeness (QED) is 0.456. The zero-order valence-corrected chi connectivity index (χ0v) is 19.1. The molecule has 4 aromatic rings. The van der Waals surface area contributed by atoms with Crippen molar-refractivity contribution in [2.24, 2.45) is 0 Å². The monoisotopic (exact) mass is 496 g/mol. The molecule has 0 aliphatic rings. The van der Waals surface area contributed by atoms with Gasteiger partial charge in [-0.05, 0) is 48.5 Å². The first-order valence-electron chi connectivity index (χ1n) is 9.52. The fourth-order valence-electron chi connectivity index (χ4n) is 2.97. The van der Waals surface area contributed by atoms with Crippen LogP contribution in [-0.2, 0) is 11.3 Å². The van der Waals surface area contributed by atoms with Gasteiger partial charge >= 0.3 is 0 Å². The molecule has 0 bridgehead atoms. The number of hydrogen-bond acceptors (Lipinski definition) is 6. The Balaban J connectivity index is 1.88. The standard InChI is InChI=1S/C23H14Cl2N4O3S/c24-14-6-7-19(18(25)10-14)28-21(30)17(12-26)23-29(13-16-5-3-9-32-16)22(31)20(33-23)11-15-4-1-2-8-27-15/h1-11H,13H2,(H,28,30)/b20-11+,23-17-. The number of nitriles is 1. The number of rotatable bonds is 5. The molecule has 0 radical (unpaired) electrons. The highest BCUT2D eigenvalue weighted by atomic mass is 35.5. The normalized spacial score (nSPS) is 12.3. The molecule has 33 heavy (non-hydrogen) atoms. The highest BCUT2D eigenvalue weighted by molar-refractivity contribution is 7.07. The lowest BCUT2D eigenvalue weighted by Crippen LogP contribution is -2.33. The molecule has 164 valence electrons. The van der Waals surface area contributed by atoms with Crippen LogP contribution in [0.3, 0.4) is 0 Å². The number of carbonyl (C=O) groups excluding carboxylic acids is 1. The van der Waals surface area contributed by atoms with E-state index in [0.29, 0.717) is 21.0 Å². The highest BCUT2D eigenvalue weighted by Gasteiger charge is 2.18. The van der Waals surface area contributed by atoms with Gasteiger partial charge in [-0.3, -0.25) is 19.1 Å². The van der Waals surface area contributed by atoms with Gasteiger partial charge in [-0.25, -0.2) is 0 Å². The Labute approximate surface area is 201 Å². The van der Waals surface area contributed by atoms with Gasteiger partial charge < -0.3 is 9.73 Å².